The Bertz CT molecular complexity index is 1330. The molecule has 0 spiro atoms. The van der Waals surface area contributed by atoms with Gasteiger partial charge in [0.2, 0.25) is 10.0 Å². The molecule has 1 N–H and O–H groups in total. The SMILES string of the molecule is CN(C)CNS(=O)(=O)c1ccccc1-c1ccc(Cn2cc(Cl)nc2-c2ccccc2)cc1. The van der Waals surface area contributed by atoms with Crippen LogP contribution in [0.15, 0.2) is 90.0 Å². The van der Waals surface area contributed by atoms with E-state index < -0.39 is 10.0 Å². The molecule has 0 aliphatic rings. The fourth-order valence-corrected chi connectivity index (χ4v) is 5.05. The molecule has 0 fully saturated rings. The van der Waals surface area contributed by atoms with Gasteiger partial charge in [0.05, 0.1) is 11.6 Å². The van der Waals surface area contributed by atoms with Crippen molar-refractivity contribution in [2.45, 2.75) is 11.4 Å². The maximum Gasteiger partial charge on any atom is 0.242 e. The predicted molar refractivity (Wildman–Crippen MR) is 133 cm³/mol. The van der Waals surface area contributed by atoms with E-state index in [0.717, 1.165) is 22.5 Å². The topological polar surface area (TPSA) is 67.2 Å². The first kappa shape index (κ1) is 23.2. The molecule has 0 saturated heterocycles. The van der Waals surface area contributed by atoms with Crippen LogP contribution in [0.3, 0.4) is 0 Å². The summed E-state index contributed by atoms with van der Waals surface area (Å²) in [5.74, 6) is 0.799. The molecule has 170 valence electrons. The average molecular weight is 481 g/mol. The molecule has 0 atom stereocenters. The highest BCUT2D eigenvalue weighted by atomic mass is 35.5. The second-order valence-corrected chi connectivity index (χ2v) is 10.1. The monoisotopic (exact) mass is 480 g/mol. The Kier molecular flexibility index (Phi) is 6.95. The Morgan fingerprint density at radius 1 is 0.909 bits per heavy atom. The van der Waals surface area contributed by atoms with Crippen molar-refractivity contribution in [2.75, 3.05) is 20.8 Å². The number of sulfonamides is 1. The molecule has 1 aromatic heterocycles. The molecular weight excluding hydrogens is 456 g/mol. The number of aromatic nitrogens is 2. The molecule has 0 radical (unpaired) electrons. The summed E-state index contributed by atoms with van der Waals surface area (Å²) in [5, 5.41) is 0.440. The Morgan fingerprint density at radius 2 is 1.58 bits per heavy atom. The van der Waals surface area contributed by atoms with E-state index in [4.69, 9.17) is 11.6 Å². The number of benzene rings is 3. The molecule has 0 amide bonds. The van der Waals surface area contributed by atoms with Crippen molar-refractivity contribution in [3.05, 3.63) is 95.8 Å². The van der Waals surface area contributed by atoms with Crippen LogP contribution in [0, 0.1) is 0 Å². The molecule has 8 heteroatoms. The third-order valence-corrected chi connectivity index (χ3v) is 6.77. The van der Waals surface area contributed by atoms with Gasteiger partial charge in [-0.3, -0.25) is 4.90 Å². The van der Waals surface area contributed by atoms with Gasteiger partial charge < -0.3 is 4.57 Å². The number of imidazole rings is 1. The number of nitrogens with zero attached hydrogens (tertiary/aromatic N) is 3. The molecule has 0 saturated carbocycles. The van der Waals surface area contributed by atoms with E-state index in [-0.39, 0.29) is 11.6 Å². The zero-order valence-corrected chi connectivity index (χ0v) is 20.0. The Morgan fingerprint density at radius 3 is 2.27 bits per heavy atom. The number of rotatable bonds is 8. The highest BCUT2D eigenvalue weighted by Crippen LogP contribution is 2.28. The van der Waals surface area contributed by atoms with Crippen molar-refractivity contribution < 1.29 is 8.42 Å². The summed E-state index contributed by atoms with van der Waals surface area (Å²) in [7, 11) is -0.0264. The minimum Gasteiger partial charge on any atom is -0.325 e. The number of hydrogen-bond donors (Lipinski definition) is 1. The summed E-state index contributed by atoms with van der Waals surface area (Å²) in [5.41, 5.74) is 3.53. The van der Waals surface area contributed by atoms with Gasteiger partial charge in [-0.05, 0) is 31.3 Å². The predicted octanol–water partition coefficient (Wildman–Crippen LogP) is 4.72. The van der Waals surface area contributed by atoms with Gasteiger partial charge in [-0.25, -0.2) is 13.4 Å². The Balaban J connectivity index is 1.60. The molecule has 33 heavy (non-hydrogen) atoms. The van der Waals surface area contributed by atoms with Crippen LogP contribution in [0.1, 0.15) is 5.56 Å². The lowest BCUT2D eigenvalue weighted by atomic mass is 10.0. The number of hydrogen-bond acceptors (Lipinski definition) is 4. The Labute approximate surface area is 199 Å². The van der Waals surface area contributed by atoms with E-state index in [0.29, 0.717) is 17.3 Å². The fraction of sp³-hybridized carbons (Fsp3) is 0.160. The van der Waals surface area contributed by atoms with Crippen LogP contribution in [-0.4, -0.2) is 43.6 Å². The maximum atomic E-state index is 12.9. The largest absolute Gasteiger partial charge is 0.325 e. The van der Waals surface area contributed by atoms with Crippen LogP contribution < -0.4 is 4.72 Å². The van der Waals surface area contributed by atoms with E-state index in [1.807, 2.05) is 91.6 Å². The lowest BCUT2D eigenvalue weighted by molar-refractivity contribution is 0.399. The van der Waals surface area contributed by atoms with Crippen LogP contribution in [0.5, 0.6) is 0 Å². The second-order valence-electron chi connectivity index (χ2n) is 7.96. The summed E-state index contributed by atoms with van der Waals surface area (Å²) in [6.45, 7) is 0.821. The first-order valence-electron chi connectivity index (χ1n) is 10.4. The first-order valence-corrected chi connectivity index (χ1v) is 12.3. The van der Waals surface area contributed by atoms with Crippen LogP contribution in [-0.2, 0) is 16.6 Å². The standard InChI is InChI=1S/C25H25ClN4O2S/c1-29(2)18-27-33(31,32)23-11-7-6-10-22(23)20-14-12-19(13-15-20)16-30-17-24(26)28-25(30)21-8-4-3-5-9-21/h3-15,17,27H,16,18H2,1-2H3. The molecule has 3 aromatic carbocycles. The van der Waals surface area contributed by atoms with Gasteiger partial charge in [0.15, 0.2) is 0 Å². The van der Waals surface area contributed by atoms with E-state index in [2.05, 4.69) is 9.71 Å². The zero-order valence-electron chi connectivity index (χ0n) is 18.4. The third kappa shape index (κ3) is 5.51. The highest BCUT2D eigenvalue weighted by Gasteiger charge is 2.19. The summed E-state index contributed by atoms with van der Waals surface area (Å²) in [6.07, 6.45) is 1.82. The molecule has 6 nitrogen and oxygen atoms in total. The van der Waals surface area contributed by atoms with Crippen LogP contribution in [0.2, 0.25) is 5.15 Å². The van der Waals surface area contributed by atoms with Gasteiger partial charge in [-0.15, -0.1) is 0 Å². The van der Waals surface area contributed by atoms with Crippen molar-refractivity contribution in [3.63, 3.8) is 0 Å². The minimum atomic E-state index is -3.65. The second kappa shape index (κ2) is 9.89. The quantitative estimate of drug-likeness (QED) is 0.371. The smallest absolute Gasteiger partial charge is 0.242 e. The molecule has 0 aliphatic carbocycles. The van der Waals surface area contributed by atoms with Crippen molar-refractivity contribution in [3.8, 4) is 22.5 Å². The summed E-state index contributed by atoms with van der Waals surface area (Å²) < 4.78 is 30.3. The lowest BCUT2D eigenvalue weighted by Crippen LogP contribution is -2.33. The van der Waals surface area contributed by atoms with Crippen LogP contribution >= 0.6 is 11.6 Å². The van der Waals surface area contributed by atoms with Gasteiger partial charge in [-0.2, -0.15) is 4.72 Å². The molecule has 0 aliphatic heterocycles. The van der Waals surface area contributed by atoms with Gasteiger partial charge in [0.25, 0.3) is 0 Å². The van der Waals surface area contributed by atoms with Gasteiger partial charge in [-0.1, -0.05) is 84.4 Å². The van der Waals surface area contributed by atoms with Crippen molar-refractivity contribution in [2.24, 2.45) is 0 Å². The average Bonchev–Trinajstić information content (AvgIpc) is 3.19. The summed E-state index contributed by atoms with van der Waals surface area (Å²) in [6, 6.07) is 24.8. The molecular formula is C25H25ClN4O2S. The highest BCUT2D eigenvalue weighted by molar-refractivity contribution is 7.89. The van der Waals surface area contributed by atoms with E-state index >= 15 is 0 Å². The van der Waals surface area contributed by atoms with Gasteiger partial charge in [0, 0.05) is 23.9 Å². The van der Waals surface area contributed by atoms with Gasteiger partial charge >= 0.3 is 0 Å². The normalized spacial score (nSPS) is 11.8. The van der Waals surface area contributed by atoms with Crippen LogP contribution in [0.25, 0.3) is 22.5 Å². The molecule has 1 heterocycles. The van der Waals surface area contributed by atoms with Crippen molar-refractivity contribution in [1.29, 1.82) is 0 Å². The third-order valence-electron chi connectivity index (χ3n) is 5.14. The fourth-order valence-electron chi connectivity index (χ4n) is 3.54. The molecule has 0 unspecified atom stereocenters. The minimum absolute atomic E-state index is 0.229. The first-order chi connectivity index (χ1) is 15.8. The maximum absolute atomic E-state index is 12.9. The zero-order chi connectivity index (χ0) is 23.4. The summed E-state index contributed by atoms with van der Waals surface area (Å²) in [4.78, 5) is 6.48. The number of halogens is 1. The molecule has 4 aromatic rings. The van der Waals surface area contributed by atoms with Gasteiger partial charge in [0.1, 0.15) is 11.0 Å². The van der Waals surface area contributed by atoms with E-state index in [1.54, 1.807) is 17.0 Å². The van der Waals surface area contributed by atoms with Crippen LogP contribution in [0.4, 0.5) is 0 Å². The van der Waals surface area contributed by atoms with Crippen molar-refractivity contribution in [1.82, 2.24) is 19.2 Å². The number of nitrogens with one attached hydrogen (secondary N) is 1. The van der Waals surface area contributed by atoms with Crippen molar-refractivity contribution >= 4 is 21.6 Å². The molecule has 4 rings (SSSR count). The summed E-state index contributed by atoms with van der Waals surface area (Å²) >= 11 is 6.19. The molecule has 0 bridgehead atoms. The van der Waals surface area contributed by atoms with E-state index in [9.17, 15) is 8.42 Å². The Hall–Kier alpha value is -2.97. The van der Waals surface area contributed by atoms with E-state index in [1.165, 1.54) is 0 Å². The lowest BCUT2D eigenvalue weighted by Gasteiger charge is -2.15.